The summed E-state index contributed by atoms with van der Waals surface area (Å²) in [6.45, 7) is 0. The summed E-state index contributed by atoms with van der Waals surface area (Å²) in [7, 11) is 0. The maximum absolute atomic E-state index is 7.11. The number of fused-ring (bicyclic) bond motifs is 16. The van der Waals surface area contributed by atoms with E-state index in [1.807, 2.05) is 0 Å². The summed E-state index contributed by atoms with van der Waals surface area (Å²) >= 11 is 0. The van der Waals surface area contributed by atoms with Crippen LogP contribution in [0.15, 0.2) is 30.3 Å². The van der Waals surface area contributed by atoms with Crippen LogP contribution in [0.3, 0.4) is 0 Å². The lowest BCUT2D eigenvalue weighted by Gasteiger charge is -2.59. The predicted molar refractivity (Wildman–Crippen MR) is 178 cm³/mol. The average Bonchev–Trinajstić information content (AvgIpc) is 3.10. The normalized spacial score (nSPS) is 49.5. The minimum absolute atomic E-state index is 0.483. The molecule has 14 atom stereocenters. The Morgan fingerprint density at radius 1 is 0.523 bits per heavy atom. The molecular weight excluding hydrogens is 538 g/mol. The van der Waals surface area contributed by atoms with Gasteiger partial charge in [0.1, 0.15) is 0 Å². The summed E-state index contributed by atoms with van der Waals surface area (Å²) in [5, 5.41) is 8.63. The van der Waals surface area contributed by atoms with Gasteiger partial charge >= 0.3 is 0 Å². The van der Waals surface area contributed by atoms with Crippen LogP contribution >= 0.6 is 0 Å². The van der Waals surface area contributed by atoms with E-state index in [2.05, 4.69) is 45.9 Å². The fraction of sp³-hybridized carbons (Fsp3) is 0.850. The topological polar surface area (TPSA) is 36.5 Å². The lowest BCUT2D eigenvalue weighted by atomic mass is 9.64. The molecule has 9 rings (SSSR count). The maximum atomic E-state index is 7.11. The number of rotatable bonds is 1. The molecule has 5 aliphatic carbocycles. The first-order valence-corrected chi connectivity index (χ1v) is 19.8. The van der Waals surface area contributed by atoms with E-state index >= 15 is 0 Å². The van der Waals surface area contributed by atoms with E-state index in [0.29, 0.717) is 42.5 Å². The first-order valence-electron chi connectivity index (χ1n) is 19.8. The van der Waals surface area contributed by atoms with Crippen molar-refractivity contribution in [2.45, 2.75) is 177 Å². The quantitative estimate of drug-likeness (QED) is 0.340. The summed E-state index contributed by atoms with van der Waals surface area (Å²) in [6, 6.07) is 14.9. The molecule has 0 radical (unpaired) electrons. The highest BCUT2D eigenvalue weighted by Gasteiger charge is 2.51. The van der Waals surface area contributed by atoms with Crippen molar-refractivity contribution in [2.75, 3.05) is 0 Å². The second-order valence-electron chi connectivity index (χ2n) is 17.2. The Kier molecular flexibility index (Phi) is 8.36. The van der Waals surface area contributed by atoms with Crippen molar-refractivity contribution >= 4 is 0 Å². The van der Waals surface area contributed by atoms with Gasteiger partial charge < -0.3 is 4.74 Å². The molecule has 4 heteroatoms. The van der Waals surface area contributed by atoms with Crippen LogP contribution in [0.2, 0.25) is 0 Å². The summed E-state index contributed by atoms with van der Waals surface area (Å²) in [5.74, 6) is 5.34. The zero-order valence-electron chi connectivity index (χ0n) is 27.5. The van der Waals surface area contributed by atoms with Gasteiger partial charge in [0.15, 0.2) is 0 Å². The molecule has 5 saturated carbocycles. The summed E-state index contributed by atoms with van der Waals surface area (Å²) in [6.07, 6.45) is 30.1. The van der Waals surface area contributed by atoms with Crippen molar-refractivity contribution in [1.82, 2.24) is 15.5 Å². The maximum Gasteiger partial charge on any atom is 0.0735 e. The van der Waals surface area contributed by atoms with E-state index in [-0.39, 0.29) is 0 Å². The Hall–Kier alpha value is -0.940. The van der Waals surface area contributed by atoms with Crippen LogP contribution in [0.25, 0.3) is 0 Å². The molecule has 3 aliphatic heterocycles. The molecule has 3 heterocycles. The third kappa shape index (κ3) is 5.54. The van der Waals surface area contributed by atoms with Gasteiger partial charge in [0, 0.05) is 30.2 Å². The molecule has 2 N–H and O–H groups in total. The smallest absolute Gasteiger partial charge is 0.0735 e. The van der Waals surface area contributed by atoms with Crippen molar-refractivity contribution in [2.24, 2.45) is 35.5 Å². The average molecular weight is 600 g/mol. The fourth-order valence-electron chi connectivity index (χ4n) is 13.0. The Morgan fingerprint density at radius 2 is 1.20 bits per heavy atom. The Labute approximate surface area is 268 Å². The van der Waals surface area contributed by atoms with E-state index in [0.717, 1.165) is 41.5 Å². The number of hydrogen-bond acceptors (Lipinski definition) is 4. The van der Waals surface area contributed by atoms with Gasteiger partial charge in [-0.15, -0.1) is 0 Å². The van der Waals surface area contributed by atoms with E-state index in [1.165, 1.54) is 134 Å². The molecular formula is C40H61N3O. The highest BCUT2D eigenvalue weighted by Crippen LogP contribution is 2.50. The van der Waals surface area contributed by atoms with Gasteiger partial charge in [-0.2, -0.15) is 0 Å². The van der Waals surface area contributed by atoms with Gasteiger partial charge in [-0.1, -0.05) is 81.7 Å². The predicted octanol–water partition coefficient (Wildman–Crippen LogP) is 8.37. The highest BCUT2D eigenvalue weighted by atomic mass is 16.5. The van der Waals surface area contributed by atoms with Crippen molar-refractivity contribution < 1.29 is 4.74 Å². The minimum Gasteiger partial charge on any atom is -0.372 e. The third-order valence-corrected chi connectivity index (χ3v) is 15.0. The molecule has 3 saturated heterocycles. The molecule has 1 aromatic carbocycles. The van der Waals surface area contributed by atoms with Crippen molar-refractivity contribution in [3.8, 4) is 0 Å². The molecule has 0 aromatic heterocycles. The number of nitrogens with one attached hydrogen (secondary N) is 2. The molecule has 242 valence electrons. The lowest BCUT2D eigenvalue weighted by Crippen LogP contribution is -2.66. The van der Waals surface area contributed by atoms with Gasteiger partial charge in [0.2, 0.25) is 0 Å². The molecule has 0 spiro atoms. The largest absolute Gasteiger partial charge is 0.372 e. The van der Waals surface area contributed by atoms with E-state index in [9.17, 15) is 0 Å². The summed E-state index contributed by atoms with van der Waals surface area (Å²) < 4.78 is 7.11. The van der Waals surface area contributed by atoms with Crippen LogP contribution in [0, 0.1) is 35.5 Å². The number of benzene rings is 1. The van der Waals surface area contributed by atoms with Crippen LogP contribution in [-0.4, -0.2) is 47.4 Å². The third-order valence-electron chi connectivity index (χ3n) is 15.0. The SMILES string of the molecule is c1ccc(C2CC3NC(N2)C2CCCC(C2)C2CCCC(C2)N2C4CCCCC4OC4CCC(CC42)C2CCCC3C2)cc1. The standard InChI is InChI=1S/C40H61N3O/c1-2-9-26(10-3-1)34-25-35-31-14-6-11-27(21-31)30-19-20-39-37(24-30)43(36-17-4-5-18-38(36)44-39)33-16-8-13-29(23-33)28-12-7-15-32(22-28)40(41-34)42-35/h1-3,9-10,27-42H,4-8,11-25H2. The highest BCUT2D eigenvalue weighted by molar-refractivity contribution is 5.20. The lowest BCUT2D eigenvalue weighted by molar-refractivity contribution is -0.199. The van der Waals surface area contributed by atoms with Gasteiger partial charge in [0.05, 0.1) is 18.4 Å². The molecule has 10 bridgehead atoms. The molecule has 44 heavy (non-hydrogen) atoms. The molecule has 14 unspecified atom stereocenters. The van der Waals surface area contributed by atoms with E-state index in [1.54, 1.807) is 0 Å². The van der Waals surface area contributed by atoms with Crippen LogP contribution in [-0.2, 0) is 4.74 Å². The second kappa shape index (κ2) is 12.6. The number of morpholine rings is 1. The first kappa shape index (κ1) is 29.2. The number of hydrogen-bond donors (Lipinski definition) is 2. The number of ether oxygens (including phenoxy) is 1. The Morgan fingerprint density at radius 3 is 2.07 bits per heavy atom. The summed E-state index contributed by atoms with van der Waals surface area (Å²) in [4.78, 5) is 3.24. The zero-order valence-corrected chi connectivity index (χ0v) is 27.5. The molecule has 8 aliphatic rings. The number of nitrogens with zero attached hydrogens (tertiary/aromatic N) is 1. The summed E-state index contributed by atoms with van der Waals surface area (Å²) in [5.41, 5.74) is 1.52. The van der Waals surface area contributed by atoms with Gasteiger partial charge in [0.25, 0.3) is 0 Å². The molecule has 1 aromatic rings. The van der Waals surface area contributed by atoms with Gasteiger partial charge in [-0.05, 0) is 118 Å². The first-order chi connectivity index (χ1) is 21.8. The Balaban J connectivity index is 1.06. The molecule has 4 nitrogen and oxygen atoms in total. The Bertz CT molecular complexity index is 1110. The minimum atomic E-state index is 0.483. The van der Waals surface area contributed by atoms with E-state index < -0.39 is 0 Å². The van der Waals surface area contributed by atoms with Crippen LogP contribution in [0.4, 0.5) is 0 Å². The van der Waals surface area contributed by atoms with Crippen molar-refractivity contribution in [3.63, 3.8) is 0 Å². The fourth-order valence-corrected chi connectivity index (χ4v) is 13.0. The zero-order chi connectivity index (χ0) is 29.0. The monoisotopic (exact) mass is 599 g/mol. The van der Waals surface area contributed by atoms with Crippen LogP contribution < -0.4 is 10.6 Å². The van der Waals surface area contributed by atoms with E-state index in [4.69, 9.17) is 4.74 Å². The second-order valence-corrected chi connectivity index (χ2v) is 17.2. The van der Waals surface area contributed by atoms with Crippen molar-refractivity contribution in [1.29, 1.82) is 0 Å². The van der Waals surface area contributed by atoms with Crippen LogP contribution in [0.1, 0.15) is 140 Å². The van der Waals surface area contributed by atoms with Gasteiger partial charge in [-0.25, -0.2) is 0 Å². The van der Waals surface area contributed by atoms with Crippen molar-refractivity contribution in [3.05, 3.63) is 35.9 Å². The molecule has 8 fully saturated rings. The van der Waals surface area contributed by atoms with Gasteiger partial charge in [-0.3, -0.25) is 15.5 Å². The molecule has 0 amide bonds. The van der Waals surface area contributed by atoms with Crippen LogP contribution in [0.5, 0.6) is 0 Å².